The van der Waals surface area contributed by atoms with Gasteiger partial charge in [0.05, 0.1) is 18.6 Å². The standard InChI is InChI=1S/C23H20O6.CH4/c1-13(24)15-5-8-17-18-10-20(25)22(11-21(18)29-23(26)19(17)9-15)28-12-14-3-6-16(27-2)7-4-14;/h3-11,13,24-25H,12H2,1-2H3;1H4. The number of methoxy groups -OCH3 is 1. The van der Waals surface area contributed by atoms with Crippen LogP contribution in [0.1, 0.15) is 31.6 Å². The van der Waals surface area contributed by atoms with Gasteiger partial charge in [-0.05, 0) is 42.3 Å². The van der Waals surface area contributed by atoms with Gasteiger partial charge in [-0.1, -0.05) is 31.7 Å². The summed E-state index contributed by atoms with van der Waals surface area (Å²) >= 11 is 0. The minimum absolute atomic E-state index is 0. The zero-order chi connectivity index (χ0) is 20.5. The molecule has 0 aliphatic heterocycles. The Morgan fingerprint density at radius 2 is 1.73 bits per heavy atom. The smallest absolute Gasteiger partial charge is 0.344 e. The first-order valence-corrected chi connectivity index (χ1v) is 9.13. The second-order valence-corrected chi connectivity index (χ2v) is 6.82. The van der Waals surface area contributed by atoms with Crippen molar-refractivity contribution in [2.75, 3.05) is 7.11 Å². The van der Waals surface area contributed by atoms with Crippen molar-refractivity contribution in [2.45, 2.75) is 27.1 Å². The number of ether oxygens (including phenoxy) is 2. The van der Waals surface area contributed by atoms with E-state index in [2.05, 4.69) is 0 Å². The lowest BCUT2D eigenvalue weighted by molar-refractivity contribution is 0.199. The van der Waals surface area contributed by atoms with E-state index in [0.29, 0.717) is 27.3 Å². The molecule has 6 nitrogen and oxygen atoms in total. The Labute approximate surface area is 173 Å². The fraction of sp³-hybridized carbons (Fsp3) is 0.208. The number of phenolic OH excluding ortho intramolecular Hbond substituents is 1. The molecule has 0 aliphatic carbocycles. The van der Waals surface area contributed by atoms with Gasteiger partial charge in [0.25, 0.3) is 0 Å². The molecule has 4 aromatic rings. The lowest BCUT2D eigenvalue weighted by Gasteiger charge is -2.11. The molecule has 1 heterocycles. The largest absolute Gasteiger partial charge is 0.504 e. The maximum atomic E-state index is 12.4. The number of rotatable bonds is 5. The van der Waals surface area contributed by atoms with Crippen molar-refractivity contribution in [1.82, 2.24) is 0 Å². The third-order valence-electron chi connectivity index (χ3n) is 4.85. The summed E-state index contributed by atoms with van der Waals surface area (Å²) < 4.78 is 16.3. The first kappa shape index (κ1) is 21.2. The Bertz CT molecular complexity index is 1240. The molecule has 1 unspecified atom stereocenters. The van der Waals surface area contributed by atoms with Crippen LogP contribution in [0.25, 0.3) is 21.7 Å². The summed E-state index contributed by atoms with van der Waals surface area (Å²) in [5, 5.41) is 21.8. The maximum Gasteiger partial charge on any atom is 0.344 e. The van der Waals surface area contributed by atoms with E-state index in [1.165, 1.54) is 12.1 Å². The first-order valence-electron chi connectivity index (χ1n) is 9.13. The summed E-state index contributed by atoms with van der Waals surface area (Å²) in [6, 6.07) is 15.5. The Balaban J connectivity index is 0.00000256. The molecule has 3 aromatic carbocycles. The molecule has 0 saturated carbocycles. The third kappa shape index (κ3) is 3.95. The van der Waals surface area contributed by atoms with Crippen LogP contribution in [-0.4, -0.2) is 17.3 Å². The summed E-state index contributed by atoms with van der Waals surface area (Å²) in [6.07, 6.45) is -0.698. The first-order chi connectivity index (χ1) is 14.0. The molecule has 2 N–H and O–H groups in total. The van der Waals surface area contributed by atoms with Crippen LogP contribution in [0.5, 0.6) is 17.2 Å². The fourth-order valence-corrected chi connectivity index (χ4v) is 3.22. The number of aliphatic hydroxyl groups is 1. The molecule has 0 amide bonds. The predicted molar refractivity (Wildman–Crippen MR) is 116 cm³/mol. The highest BCUT2D eigenvalue weighted by Gasteiger charge is 2.14. The van der Waals surface area contributed by atoms with E-state index < -0.39 is 11.7 Å². The van der Waals surface area contributed by atoms with Gasteiger partial charge in [0, 0.05) is 16.8 Å². The van der Waals surface area contributed by atoms with Crippen molar-refractivity contribution >= 4 is 21.7 Å². The molecule has 156 valence electrons. The summed E-state index contributed by atoms with van der Waals surface area (Å²) in [4.78, 5) is 12.4. The molecular weight excluding hydrogens is 384 g/mol. The molecule has 1 aromatic heterocycles. The number of fused-ring (bicyclic) bond motifs is 3. The number of phenols is 1. The molecule has 1 atom stereocenters. The van der Waals surface area contributed by atoms with Crippen LogP contribution in [0, 0.1) is 0 Å². The fourth-order valence-electron chi connectivity index (χ4n) is 3.22. The van der Waals surface area contributed by atoms with E-state index in [9.17, 15) is 15.0 Å². The quantitative estimate of drug-likeness (QED) is 0.360. The predicted octanol–water partition coefficient (Wildman–Crippen LogP) is 4.93. The van der Waals surface area contributed by atoms with Crippen LogP contribution in [0.4, 0.5) is 0 Å². The van der Waals surface area contributed by atoms with Gasteiger partial charge in [0.2, 0.25) is 0 Å². The Morgan fingerprint density at radius 1 is 1.00 bits per heavy atom. The lowest BCUT2D eigenvalue weighted by Crippen LogP contribution is -2.02. The van der Waals surface area contributed by atoms with E-state index >= 15 is 0 Å². The molecule has 6 heteroatoms. The van der Waals surface area contributed by atoms with Crippen molar-refractivity contribution in [1.29, 1.82) is 0 Å². The van der Waals surface area contributed by atoms with E-state index in [4.69, 9.17) is 13.9 Å². The van der Waals surface area contributed by atoms with Crippen LogP contribution in [0.3, 0.4) is 0 Å². The summed E-state index contributed by atoms with van der Waals surface area (Å²) in [6.45, 7) is 1.86. The van der Waals surface area contributed by atoms with Gasteiger partial charge in [-0.15, -0.1) is 0 Å². The summed E-state index contributed by atoms with van der Waals surface area (Å²) in [5.41, 5.74) is 1.32. The average Bonchev–Trinajstić information content (AvgIpc) is 2.73. The number of benzene rings is 3. The van der Waals surface area contributed by atoms with E-state index in [1.807, 2.05) is 24.3 Å². The molecule has 0 saturated heterocycles. The minimum Gasteiger partial charge on any atom is -0.504 e. The number of hydrogen-bond acceptors (Lipinski definition) is 6. The van der Waals surface area contributed by atoms with Crippen molar-refractivity contribution < 1.29 is 24.1 Å². The van der Waals surface area contributed by atoms with Crippen LogP contribution in [0.15, 0.2) is 63.8 Å². The molecule has 0 bridgehead atoms. The third-order valence-corrected chi connectivity index (χ3v) is 4.85. The number of aromatic hydroxyl groups is 1. The van der Waals surface area contributed by atoms with E-state index in [0.717, 1.165) is 11.3 Å². The van der Waals surface area contributed by atoms with Gasteiger partial charge in [-0.2, -0.15) is 0 Å². The van der Waals surface area contributed by atoms with Gasteiger partial charge in [-0.25, -0.2) is 4.79 Å². The van der Waals surface area contributed by atoms with Gasteiger partial charge in [0.1, 0.15) is 17.9 Å². The molecule has 30 heavy (non-hydrogen) atoms. The SMILES string of the molecule is C.COc1ccc(COc2cc3oc(=O)c4cc(C(C)O)ccc4c3cc2O)cc1. The average molecular weight is 408 g/mol. The minimum atomic E-state index is -0.698. The van der Waals surface area contributed by atoms with Crippen LogP contribution < -0.4 is 15.1 Å². The van der Waals surface area contributed by atoms with Crippen molar-refractivity contribution in [3.63, 3.8) is 0 Å². The summed E-state index contributed by atoms with van der Waals surface area (Å²) in [7, 11) is 1.60. The Kier molecular flexibility index (Phi) is 5.99. The summed E-state index contributed by atoms with van der Waals surface area (Å²) in [5.74, 6) is 0.909. The monoisotopic (exact) mass is 408 g/mol. The lowest BCUT2D eigenvalue weighted by atomic mass is 10.0. The zero-order valence-electron chi connectivity index (χ0n) is 16.0. The van der Waals surface area contributed by atoms with Crippen LogP contribution in [0.2, 0.25) is 0 Å². The molecule has 0 fully saturated rings. The highest BCUT2D eigenvalue weighted by molar-refractivity contribution is 6.05. The number of aliphatic hydroxyl groups excluding tert-OH is 1. The number of hydrogen-bond donors (Lipinski definition) is 2. The molecule has 4 rings (SSSR count). The molecule has 0 spiro atoms. The van der Waals surface area contributed by atoms with Gasteiger partial charge >= 0.3 is 5.63 Å². The highest BCUT2D eigenvalue weighted by atomic mass is 16.5. The topological polar surface area (TPSA) is 89.1 Å². The second-order valence-electron chi connectivity index (χ2n) is 6.82. The van der Waals surface area contributed by atoms with Crippen molar-refractivity contribution in [3.8, 4) is 17.2 Å². The van der Waals surface area contributed by atoms with Gasteiger partial charge in [-0.3, -0.25) is 0 Å². The Hall–Kier alpha value is -3.51. The van der Waals surface area contributed by atoms with Crippen LogP contribution >= 0.6 is 0 Å². The Morgan fingerprint density at radius 3 is 2.40 bits per heavy atom. The molecular formula is C24H24O6. The van der Waals surface area contributed by atoms with Crippen LogP contribution in [-0.2, 0) is 6.61 Å². The van der Waals surface area contributed by atoms with Crippen molar-refractivity contribution in [3.05, 3.63) is 76.1 Å². The van der Waals surface area contributed by atoms with E-state index in [1.54, 1.807) is 32.2 Å². The van der Waals surface area contributed by atoms with Gasteiger partial charge < -0.3 is 24.1 Å². The van der Waals surface area contributed by atoms with Crippen molar-refractivity contribution in [2.24, 2.45) is 0 Å². The van der Waals surface area contributed by atoms with Gasteiger partial charge in [0.15, 0.2) is 11.5 Å². The normalized spacial score (nSPS) is 11.8. The van der Waals surface area contributed by atoms with E-state index in [-0.39, 0.29) is 25.5 Å². The maximum absolute atomic E-state index is 12.4. The molecule has 0 radical (unpaired) electrons. The molecule has 0 aliphatic rings. The zero-order valence-corrected chi connectivity index (χ0v) is 16.0. The second kappa shape index (κ2) is 8.47. The highest BCUT2D eigenvalue weighted by Crippen LogP contribution is 2.35.